The summed E-state index contributed by atoms with van der Waals surface area (Å²) in [7, 11) is -1.08. The fourth-order valence-electron chi connectivity index (χ4n) is 2.43. The molecule has 0 saturated carbocycles. The molecule has 1 aromatic rings. The molecule has 2 heterocycles. The van der Waals surface area contributed by atoms with E-state index in [9.17, 15) is 9.42 Å². The van der Waals surface area contributed by atoms with Gasteiger partial charge in [-0.2, -0.15) is 0 Å². The van der Waals surface area contributed by atoms with E-state index in [2.05, 4.69) is 5.32 Å². The molecule has 0 aliphatic carbocycles. The lowest BCUT2D eigenvalue weighted by molar-refractivity contribution is 0.320. The van der Waals surface area contributed by atoms with Gasteiger partial charge < -0.3 is 15.2 Å². The summed E-state index contributed by atoms with van der Waals surface area (Å²) < 4.78 is 11.4. The Bertz CT molecular complexity index is 507. The first-order valence-corrected chi connectivity index (χ1v) is 6.93. The molecule has 1 aromatic carbocycles. The number of hydroxylamine groups is 2. The van der Waals surface area contributed by atoms with Crippen LogP contribution in [0, 0.1) is 5.21 Å². The minimum absolute atomic E-state index is 0.308. The number of rotatable bonds is 1. The Morgan fingerprint density at radius 2 is 2.06 bits per heavy atom. The zero-order valence-electron chi connectivity index (χ0n) is 9.39. The summed E-state index contributed by atoms with van der Waals surface area (Å²) in [4.78, 5) is 0.773. The van der Waals surface area contributed by atoms with Crippen LogP contribution in [0.25, 0.3) is 6.08 Å². The molecule has 0 bridgehead atoms. The van der Waals surface area contributed by atoms with Gasteiger partial charge in [0.2, 0.25) is 0 Å². The average molecular weight is 250 g/mol. The van der Waals surface area contributed by atoms with Gasteiger partial charge in [0.05, 0.1) is 34.3 Å². The smallest absolute Gasteiger partial charge is 0.141 e. The lowest BCUT2D eigenvalue weighted by Gasteiger charge is -2.45. The molecule has 3 rings (SSSR count). The van der Waals surface area contributed by atoms with Crippen molar-refractivity contribution in [1.82, 2.24) is 9.96 Å². The molecule has 1 atom stereocenters. The fourth-order valence-corrected chi connectivity index (χ4v) is 3.44. The van der Waals surface area contributed by atoms with Gasteiger partial charge in [0.15, 0.2) is 0 Å². The number of piperazine rings is 1. The lowest BCUT2D eigenvalue weighted by Crippen LogP contribution is -2.56. The van der Waals surface area contributed by atoms with Crippen LogP contribution >= 0.6 is 0 Å². The van der Waals surface area contributed by atoms with Gasteiger partial charge in [-0.1, -0.05) is 6.07 Å². The second-order valence-corrected chi connectivity index (χ2v) is 5.68. The molecule has 0 radical (unpaired) electrons. The van der Waals surface area contributed by atoms with Gasteiger partial charge in [-0.05, 0) is 12.1 Å². The molecular weight excluding hydrogens is 236 g/mol. The molecule has 0 amide bonds. The Hall–Kier alpha value is -1.01. The first-order chi connectivity index (χ1) is 8.21. The van der Waals surface area contributed by atoms with Crippen LogP contribution in [-0.4, -0.2) is 30.4 Å². The van der Waals surface area contributed by atoms with E-state index < -0.39 is 10.8 Å². The van der Waals surface area contributed by atoms with Crippen LogP contribution in [0.3, 0.4) is 0 Å². The summed E-state index contributed by atoms with van der Waals surface area (Å²) >= 11 is 0. The zero-order valence-corrected chi connectivity index (χ0v) is 10.2. The van der Waals surface area contributed by atoms with Crippen molar-refractivity contribution >= 4 is 22.6 Å². The Morgan fingerprint density at radius 3 is 2.82 bits per heavy atom. The van der Waals surface area contributed by atoms with E-state index in [1.54, 1.807) is 5.41 Å². The largest absolute Gasteiger partial charge is 0.627 e. The van der Waals surface area contributed by atoms with E-state index in [0.29, 0.717) is 13.1 Å². The Labute approximate surface area is 103 Å². The van der Waals surface area contributed by atoms with Gasteiger partial charge in [-0.3, -0.25) is 0 Å². The third-order valence-corrected chi connectivity index (χ3v) is 4.53. The zero-order chi connectivity index (χ0) is 11.9. The molecular formula is C12H14N2O2S. The highest BCUT2D eigenvalue weighted by molar-refractivity contribution is 7.88. The van der Waals surface area contributed by atoms with Crippen LogP contribution < -0.4 is 9.96 Å². The van der Waals surface area contributed by atoms with Crippen LogP contribution in [0.4, 0.5) is 5.69 Å². The van der Waals surface area contributed by atoms with Gasteiger partial charge in [0.1, 0.15) is 5.69 Å². The molecule has 17 heavy (non-hydrogen) atoms. The Balaban J connectivity index is 2.09. The first-order valence-electron chi connectivity index (χ1n) is 5.72. The highest BCUT2D eigenvalue weighted by Crippen LogP contribution is 2.35. The molecule has 2 aliphatic heterocycles. The quantitative estimate of drug-likeness (QED) is 0.601. The van der Waals surface area contributed by atoms with Gasteiger partial charge >= 0.3 is 0 Å². The molecule has 2 aliphatic rings. The van der Waals surface area contributed by atoms with Crippen molar-refractivity contribution in [3.63, 3.8) is 0 Å². The van der Waals surface area contributed by atoms with Crippen molar-refractivity contribution in [2.45, 2.75) is 4.90 Å². The Kier molecular flexibility index (Phi) is 2.63. The first kappa shape index (κ1) is 11.1. The number of benzene rings is 1. The highest BCUT2D eigenvalue weighted by Gasteiger charge is 2.29. The number of hydrogen-bond acceptors (Lipinski definition) is 3. The summed E-state index contributed by atoms with van der Waals surface area (Å²) in [6.07, 6.45) is 1.82. The minimum atomic E-state index is -1.08. The topological polar surface area (TPSA) is 52.2 Å². The maximum atomic E-state index is 12.8. The molecule has 0 aromatic heterocycles. The van der Waals surface area contributed by atoms with Crippen molar-refractivity contribution in [3.8, 4) is 0 Å². The SMILES string of the molecule is O=S1C=Cc2c1cccc2[N+]1([O-])CCNCC1. The van der Waals surface area contributed by atoms with Crippen molar-refractivity contribution in [3.05, 3.63) is 34.4 Å². The predicted molar refractivity (Wildman–Crippen MR) is 69.6 cm³/mol. The monoisotopic (exact) mass is 250 g/mol. The van der Waals surface area contributed by atoms with Gasteiger partial charge in [-0.25, -0.2) is 4.21 Å². The molecule has 1 fully saturated rings. The second-order valence-electron chi connectivity index (χ2n) is 4.38. The van der Waals surface area contributed by atoms with E-state index >= 15 is 0 Å². The number of nitrogens with one attached hydrogen (secondary N) is 1. The van der Waals surface area contributed by atoms with Crippen molar-refractivity contribution in [2.24, 2.45) is 0 Å². The number of nitrogens with zero attached hydrogens (tertiary/aromatic N) is 1. The molecule has 0 spiro atoms. The number of fused-ring (bicyclic) bond motifs is 1. The average Bonchev–Trinajstić information content (AvgIpc) is 2.72. The second kappa shape index (κ2) is 4.03. The maximum absolute atomic E-state index is 12.8. The van der Waals surface area contributed by atoms with Crippen LogP contribution in [0.2, 0.25) is 0 Å². The summed E-state index contributed by atoms with van der Waals surface area (Å²) in [6.45, 7) is 2.55. The van der Waals surface area contributed by atoms with E-state index in [-0.39, 0.29) is 4.65 Å². The van der Waals surface area contributed by atoms with E-state index in [4.69, 9.17) is 0 Å². The highest BCUT2D eigenvalue weighted by atomic mass is 32.2. The number of hydrogen-bond donors (Lipinski definition) is 1. The van der Waals surface area contributed by atoms with Crippen LogP contribution in [0.5, 0.6) is 0 Å². The molecule has 1 N–H and O–H groups in total. The van der Waals surface area contributed by atoms with E-state index in [0.717, 1.165) is 29.2 Å². The van der Waals surface area contributed by atoms with E-state index in [1.165, 1.54) is 0 Å². The predicted octanol–water partition coefficient (Wildman–Crippen LogP) is 1.19. The minimum Gasteiger partial charge on any atom is -0.627 e. The van der Waals surface area contributed by atoms with Gasteiger partial charge in [0, 0.05) is 24.6 Å². The standard InChI is InChI=1S/C12H14N2O2S/c15-14(7-5-13-6-8-14)11-2-1-3-12-10(11)4-9-17(12)16/h1-4,9,13H,5-8H2. The lowest BCUT2D eigenvalue weighted by atomic mass is 10.1. The molecule has 5 heteroatoms. The fraction of sp³-hybridized carbons (Fsp3) is 0.333. The van der Waals surface area contributed by atoms with E-state index in [1.807, 2.05) is 24.3 Å². The van der Waals surface area contributed by atoms with Gasteiger partial charge in [-0.15, -0.1) is 0 Å². The third kappa shape index (κ3) is 1.75. The Morgan fingerprint density at radius 1 is 1.29 bits per heavy atom. The molecule has 1 unspecified atom stereocenters. The normalized spacial score (nSPS) is 25.8. The molecule has 1 saturated heterocycles. The van der Waals surface area contributed by atoms with Gasteiger partial charge in [0.25, 0.3) is 0 Å². The van der Waals surface area contributed by atoms with Crippen LogP contribution in [0.15, 0.2) is 28.5 Å². The number of quaternary nitrogens is 1. The van der Waals surface area contributed by atoms with Crippen molar-refractivity contribution in [1.29, 1.82) is 0 Å². The van der Waals surface area contributed by atoms with Crippen LogP contribution in [0.1, 0.15) is 5.56 Å². The summed E-state index contributed by atoms with van der Waals surface area (Å²) in [5.74, 6) is 0. The molecule has 90 valence electrons. The van der Waals surface area contributed by atoms with Crippen molar-refractivity contribution < 1.29 is 4.21 Å². The summed E-state index contributed by atoms with van der Waals surface area (Å²) in [5, 5.41) is 17.6. The molecule has 4 nitrogen and oxygen atoms in total. The van der Waals surface area contributed by atoms with Crippen molar-refractivity contribution in [2.75, 3.05) is 26.2 Å². The summed E-state index contributed by atoms with van der Waals surface area (Å²) in [5.41, 5.74) is 1.62. The summed E-state index contributed by atoms with van der Waals surface area (Å²) in [6, 6.07) is 5.53. The van der Waals surface area contributed by atoms with Crippen LogP contribution in [-0.2, 0) is 10.8 Å². The third-order valence-electron chi connectivity index (χ3n) is 3.36. The maximum Gasteiger partial charge on any atom is 0.141 e.